The molecule has 0 radical (unpaired) electrons. The summed E-state index contributed by atoms with van der Waals surface area (Å²) in [4.78, 5) is 15.0. The highest BCUT2D eigenvalue weighted by molar-refractivity contribution is 6.42. The molecule has 0 heterocycles. The lowest BCUT2D eigenvalue weighted by Gasteiger charge is -2.43. The number of Topliss-reactive ketones (excluding diaryl/α,β-unsaturated/α-hetero) is 1. The fraction of sp³-hybridized carbons (Fsp3) is 0.588. The number of ketones is 1. The van der Waals surface area contributed by atoms with Gasteiger partial charge in [-0.25, -0.2) is 0 Å². The molecule has 1 saturated carbocycles. The Kier molecular flexibility index (Phi) is 5.34. The number of benzene rings is 1. The van der Waals surface area contributed by atoms with Crippen molar-refractivity contribution in [3.63, 3.8) is 0 Å². The molecule has 0 spiro atoms. The van der Waals surface area contributed by atoms with Gasteiger partial charge in [0.2, 0.25) is 0 Å². The molecule has 1 aliphatic rings. The van der Waals surface area contributed by atoms with E-state index in [1.54, 1.807) is 12.1 Å². The molecule has 4 heteroatoms. The minimum Gasteiger partial charge on any atom is -0.297 e. The molecule has 0 aliphatic heterocycles. The van der Waals surface area contributed by atoms with Gasteiger partial charge in [-0.15, -0.1) is 0 Å². The summed E-state index contributed by atoms with van der Waals surface area (Å²) in [7, 11) is 4.03. The fourth-order valence-electron chi connectivity index (χ4n) is 3.21. The molecular formula is C17H23Cl2NO. The Hall–Kier alpha value is -0.570. The van der Waals surface area contributed by atoms with Crippen LogP contribution >= 0.6 is 23.2 Å². The highest BCUT2D eigenvalue weighted by Gasteiger charge is 2.42. The maximum Gasteiger partial charge on any atom is 0.157 e. The van der Waals surface area contributed by atoms with Crippen LogP contribution in [-0.4, -0.2) is 30.3 Å². The number of rotatable bonds is 4. The molecule has 0 aromatic heterocycles. The predicted octanol–water partition coefficient (Wildman–Crippen LogP) is 4.62. The van der Waals surface area contributed by atoms with Crippen LogP contribution in [0.2, 0.25) is 10.0 Å². The monoisotopic (exact) mass is 327 g/mol. The summed E-state index contributed by atoms with van der Waals surface area (Å²) in [6.07, 6.45) is 4.54. The maximum atomic E-state index is 12.9. The largest absolute Gasteiger partial charge is 0.297 e. The number of hydrogen-bond acceptors (Lipinski definition) is 2. The van der Waals surface area contributed by atoms with Crippen molar-refractivity contribution in [2.75, 3.05) is 14.1 Å². The van der Waals surface area contributed by atoms with E-state index < -0.39 is 0 Å². The van der Waals surface area contributed by atoms with Gasteiger partial charge < -0.3 is 0 Å². The zero-order valence-electron chi connectivity index (χ0n) is 13.0. The maximum absolute atomic E-state index is 12.9. The van der Waals surface area contributed by atoms with Crippen molar-refractivity contribution in [3.05, 3.63) is 33.8 Å². The van der Waals surface area contributed by atoms with Gasteiger partial charge in [0.1, 0.15) is 0 Å². The van der Waals surface area contributed by atoms with Crippen molar-refractivity contribution in [3.8, 4) is 0 Å². The van der Waals surface area contributed by atoms with Gasteiger partial charge in [-0.2, -0.15) is 0 Å². The Balaban J connectivity index is 2.17. The van der Waals surface area contributed by atoms with E-state index in [2.05, 4.69) is 11.8 Å². The van der Waals surface area contributed by atoms with Gasteiger partial charge in [0.25, 0.3) is 0 Å². The second-order valence-electron chi connectivity index (χ2n) is 6.46. The highest BCUT2D eigenvalue weighted by Crippen LogP contribution is 2.37. The molecule has 116 valence electrons. The number of carbonyl (C=O) groups is 1. The second-order valence-corrected chi connectivity index (χ2v) is 7.27. The van der Waals surface area contributed by atoms with E-state index in [1.807, 2.05) is 20.2 Å². The second kappa shape index (κ2) is 6.68. The highest BCUT2D eigenvalue weighted by atomic mass is 35.5. The third-order valence-electron chi connectivity index (χ3n) is 4.83. The number of likely N-dealkylation sites (N-methyl/N-ethyl adjacent to an activating group) is 1. The van der Waals surface area contributed by atoms with Gasteiger partial charge in [0.05, 0.1) is 15.6 Å². The number of nitrogens with zero attached hydrogens (tertiary/aromatic N) is 1. The van der Waals surface area contributed by atoms with Crippen LogP contribution < -0.4 is 0 Å². The summed E-state index contributed by atoms with van der Waals surface area (Å²) >= 11 is 12.0. The topological polar surface area (TPSA) is 20.3 Å². The van der Waals surface area contributed by atoms with E-state index >= 15 is 0 Å². The van der Waals surface area contributed by atoms with Crippen molar-refractivity contribution < 1.29 is 4.79 Å². The van der Waals surface area contributed by atoms with E-state index in [4.69, 9.17) is 23.2 Å². The molecule has 0 atom stereocenters. The molecule has 0 N–H and O–H groups in total. The quantitative estimate of drug-likeness (QED) is 0.804. The average molecular weight is 328 g/mol. The van der Waals surface area contributed by atoms with Gasteiger partial charge in [-0.3, -0.25) is 9.69 Å². The van der Waals surface area contributed by atoms with Crippen LogP contribution in [0.15, 0.2) is 18.2 Å². The van der Waals surface area contributed by atoms with E-state index in [0.29, 0.717) is 16.5 Å². The Morgan fingerprint density at radius 3 is 2.38 bits per heavy atom. The minimum atomic E-state index is -0.321. The Labute approximate surface area is 137 Å². The molecule has 2 nitrogen and oxygen atoms in total. The third kappa shape index (κ3) is 3.61. The summed E-state index contributed by atoms with van der Waals surface area (Å²) in [6, 6.07) is 5.45. The van der Waals surface area contributed by atoms with Gasteiger partial charge in [0, 0.05) is 6.42 Å². The first-order valence-electron chi connectivity index (χ1n) is 7.50. The molecule has 1 aliphatic carbocycles. The Morgan fingerprint density at radius 2 is 1.86 bits per heavy atom. The van der Waals surface area contributed by atoms with Gasteiger partial charge >= 0.3 is 0 Å². The molecule has 0 amide bonds. The molecule has 0 saturated heterocycles. The Bertz CT molecular complexity index is 520. The fourth-order valence-corrected chi connectivity index (χ4v) is 3.54. The summed E-state index contributed by atoms with van der Waals surface area (Å²) in [5, 5.41) is 1.04. The lowest BCUT2D eigenvalue weighted by Crippen LogP contribution is -2.53. The molecule has 0 bridgehead atoms. The third-order valence-corrected chi connectivity index (χ3v) is 5.56. The van der Waals surface area contributed by atoms with Gasteiger partial charge in [-0.05, 0) is 63.4 Å². The standard InChI is InChI=1S/C17H23Cl2NO/c1-12-6-8-17(9-7-12,20(2)3)16(21)11-13-4-5-14(18)15(19)10-13/h4-5,10,12H,6-9,11H2,1-3H3. The first-order valence-corrected chi connectivity index (χ1v) is 8.25. The zero-order valence-corrected chi connectivity index (χ0v) is 14.5. The zero-order chi connectivity index (χ0) is 15.6. The van der Waals surface area contributed by atoms with E-state index in [9.17, 15) is 4.79 Å². The van der Waals surface area contributed by atoms with Crippen LogP contribution in [0, 0.1) is 5.92 Å². The van der Waals surface area contributed by atoms with E-state index in [0.717, 1.165) is 37.2 Å². The van der Waals surface area contributed by atoms with E-state index in [-0.39, 0.29) is 11.3 Å². The normalized spacial score (nSPS) is 26.1. The summed E-state index contributed by atoms with van der Waals surface area (Å²) < 4.78 is 0. The number of halogens is 2. The van der Waals surface area contributed by atoms with Crippen LogP contribution in [0.3, 0.4) is 0 Å². The van der Waals surface area contributed by atoms with Crippen LogP contribution in [0.5, 0.6) is 0 Å². The average Bonchev–Trinajstić information content (AvgIpc) is 2.43. The minimum absolute atomic E-state index is 0.290. The lowest BCUT2D eigenvalue weighted by atomic mass is 9.72. The molecule has 21 heavy (non-hydrogen) atoms. The first kappa shape index (κ1) is 16.8. The van der Waals surface area contributed by atoms with E-state index in [1.165, 1.54) is 0 Å². The van der Waals surface area contributed by atoms with Crippen molar-refractivity contribution >= 4 is 29.0 Å². The van der Waals surface area contributed by atoms with Crippen molar-refractivity contribution in [2.45, 2.75) is 44.6 Å². The summed E-state index contributed by atoms with van der Waals surface area (Å²) in [6.45, 7) is 2.27. The molecule has 0 unspecified atom stereocenters. The van der Waals surface area contributed by atoms with Crippen molar-refractivity contribution in [1.82, 2.24) is 4.90 Å². The molecule has 2 rings (SSSR count). The number of hydrogen-bond donors (Lipinski definition) is 0. The van der Waals surface area contributed by atoms with Crippen LogP contribution in [0.25, 0.3) is 0 Å². The van der Waals surface area contributed by atoms with Crippen LogP contribution in [-0.2, 0) is 11.2 Å². The summed E-state index contributed by atoms with van der Waals surface area (Å²) in [5.74, 6) is 1.01. The SMILES string of the molecule is CC1CCC(C(=O)Cc2ccc(Cl)c(Cl)c2)(N(C)C)CC1. The molecule has 1 aromatic carbocycles. The van der Waals surface area contributed by atoms with Gasteiger partial charge in [0.15, 0.2) is 5.78 Å². The Morgan fingerprint density at radius 1 is 1.24 bits per heavy atom. The summed E-state index contributed by atoms with van der Waals surface area (Å²) in [5.41, 5.74) is 0.618. The lowest BCUT2D eigenvalue weighted by molar-refractivity contribution is -0.131. The predicted molar refractivity (Wildman–Crippen MR) is 89.2 cm³/mol. The molecule has 1 aromatic rings. The van der Waals surface area contributed by atoms with Crippen molar-refractivity contribution in [2.24, 2.45) is 5.92 Å². The number of carbonyl (C=O) groups excluding carboxylic acids is 1. The molecular weight excluding hydrogens is 305 g/mol. The van der Waals surface area contributed by atoms with Crippen LogP contribution in [0.1, 0.15) is 38.2 Å². The first-order chi connectivity index (χ1) is 9.85. The molecule has 1 fully saturated rings. The van der Waals surface area contributed by atoms with Crippen molar-refractivity contribution in [1.29, 1.82) is 0 Å². The van der Waals surface area contributed by atoms with Gasteiger partial charge in [-0.1, -0.05) is 36.2 Å². The van der Waals surface area contributed by atoms with Crippen LogP contribution in [0.4, 0.5) is 0 Å². The smallest absolute Gasteiger partial charge is 0.157 e.